The van der Waals surface area contributed by atoms with Gasteiger partial charge < -0.3 is 10.6 Å². The van der Waals surface area contributed by atoms with Crippen LogP contribution in [0.5, 0.6) is 0 Å². The summed E-state index contributed by atoms with van der Waals surface area (Å²) in [6, 6.07) is 10.0. The minimum absolute atomic E-state index is 0. The largest absolute Gasteiger partial charge is 0.320 e. The quantitative estimate of drug-likeness (QED) is 0.770. The van der Waals surface area contributed by atoms with E-state index in [1.165, 1.54) is 0 Å². The van der Waals surface area contributed by atoms with E-state index >= 15 is 0 Å². The molecule has 136 valence electrons. The molecule has 0 saturated carbocycles. The van der Waals surface area contributed by atoms with Gasteiger partial charge in [0.2, 0.25) is 0 Å². The summed E-state index contributed by atoms with van der Waals surface area (Å²) >= 11 is 1.74. The highest BCUT2D eigenvalue weighted by atomic mass is 35.5. The number of hydrogen-bond donors (Lipinski definition) is 2. The number of thioether (sulfide) groups is 1. The number of piperidine rings is 1. The van der Waals surface area contributed by atoms with E-state index in [0.717, 1.165) is 36.5 Å². The van der Waals surface area contributed by atoms with Gasteiger partial charge in [-0.15, -0.1) is 24.2 Å². The summed E-state index contributed by atoms with van der Waals surface area (Å²) in [5.41, 5.74) is 1.31. The lowest BCUT2D eigenvalue weighted by atomic mass is 10.1. The number of aromatic nitrogens is 2. The van der Waals surface area contributed by atoms with Crippen molar-refractivity contribution in [3.05, 3.63) is 42.2 Å². The minimum atomic E-state index is -0.158. The second-order valence-electron chi connectivity index (χ2n) is 6.30. The fraction of sp³-hybridized carbons (Fsp3) is 0.444. The molecule has 2 aromatic rings. The number of rotatable bonds is 5. The Balaban J connectivity index is 0.00000225. The Labute approximate surface area is 159 Å². The molecule has 7 heteroatoms. The molecule has 1 aromatic carbocycles. The average molecular weight is 381 g/mol. The van der Waals surface area contributed by atoms with Crippen molar-refractivity contribution in [1.82, 2.24) is 15.1 Å². The molecule has 25 heavy (non-hydrogen) atoms. The number of anilines is 1. The maximum atomic E-state index is 12.5. The van der Waals surface area contributed by atoms with Gasteiger partial charge in [-0.25, -0.2) is 0 Å². The molecule has 2 N–H and O–H groups in total. The molecule has 0 radical (unpaired) electrons. The molecule has 5 nitrogen and oxygen atoms in total. The van der Waals surface area contributed by atoms with Crippen molar-refractivity contribution in [2.45, 2.75) is 42.9 Å². The first-order chi connectivity index (χ1) is 11.6. The Kier molecular flexibility index (Phi) is 7.35. The number of carbonyl (C=O) groups excluding carboxylic acids is 1. The van der Waals surface area contributed by atoms with Crippen molar-refractivity contribution in [2.24, 2.45) is 0 Å². The zero-order valence-electron chi connectivity index (χ0n) is 14.6. The standard InChI is InChI=1S/C18H24N4OS.ClH/c1-13(2)24-17-8-4-3-7-15(17)20-18(23)16-9-11-22(21-16)14-6-5-10-19-12-14;/h3-4,7-9,11,13-14,19H,5-6,10,12H2,1-2H3,(H,20,23);1H. The number of benzene rings is 1. The maximum absolute atomic E-state index is 12.5. The number of halogens is 1. The van der Waals surface area contributed by atoms with Crippen LogP contribution in [0.15, 0.2) is 41.4 Å². The van der Waals surface area contributed by atoms with Crippen molar-refractivity contribution in [3.8, 4) is 0 Å². The van der Waals surface area contributed by atoms with Crippen LogP contribution in [-0.4, -0.2) is 34.0 Å². The third kappa shape index (κ3) is 5.23. The molecule has 1 aromatic heterocycles. The highest BCUT2D eigenvalue weighted by Crippen LogP contribution is 2.30. The first kappa shape index (κ1) is 19.8. The minimum Gasteiger partial charge on any atom is -0.320 e. The number of para-hydroxylation sites is 1. The van der Waals surface area contributed by atoms with E-state index in [1.54, 1.807) is 17.8 Å². The molecule has 1 aliphatic rings. The second kappa shape index (κ2) is 9.27. The van der Waals surface area contributed by atoms with Gasteiger partial charge in [-0.2, -0.15) is 5.10 Å². The number of nitrogens with zero attached hydrogens (tertiary/aromatic N) is 2. The van der Waals surface area contributed by atoms with Crippen LogP contribution in [0.25, 0.3) is 0 Å². The van der Waals surface area contributed by atoms with Crippen LogP contribution in [0.4, 0.5) is 5.69 Å². The Morgan fingerprint density at radius 3 is 2.88 bits per heavy atom. The second-order valence-corrected chi connectivity index (χ2v) is 7.92. The van der Waals surface area contributed by atoms with Crippen LogP contribution in [0.1, 0.15) is 43.2 Å². The van der Waals surface area contributed by atoms with Gasteiger partial charge in [-0.3, -0.25) is 9.48 Å². The molecule has 1 aliphatic heterocycles. The maximum Gasteiger partial charge on any atom is 0.276 e. The van der Waals surface area contributed by atoms with E-state index in [1.807, 2.05) is 35.1 Å². The molecule has 1 atom stereocenters. The summed E-state index contributed by atoms with van der Waals surface area (Å²) < 4.78 is 1.91. The molecule has 1 amide bonds. The SMILES string of the molecule is CC(C)Sc1ccccc1NC(=O)c1ccn(C2CCCNC2)n1.Cl. The molecular weight excluding hydrogens is 356 g/mol. The van der Waals surface area contributed by atoms with Crippen LogP contribution in [0, 0.1) is 0 Å². The summed E-state index contributed by atoms with van der Waals surface area (Å²) in [4.78, 5) is 13.6. The first-order valence-corrected chi connectivity index (χ1v) is 9.34. The topological polar surface area (TPSA) is 59.0 Å². The normalized spacial score (nSPS) is 17.2. The Morgan fingerprint density at radius 1 is 1.36 bits per heavy atom. The lowest BCUT2D eigenvalue weighted by Gasteiger charge is -2.22. The first-order valence-electron chi connectivity index (χ1n) is 8.46. The number of carbonyl (C=O) groups is 1. The van der Waals surface area contributed by atoms with E-state index in [-0.39, 0.29) is 18.3 Å². The molecule has 0 bridgehead atoms. The van der Waals surface area contributed by atoms with E-state index in [4.69, 9.17) is 0 Å². The van der Waals surface area contributed by atoms with E-state index in [9.17, 15) is 4.79 Å². The monoisotopic (exact) mass is 380 g/mol. The van der Waals surface area contributed by atoms with Crippen LogP contribution in [0.3, 0.4) is 0 Å². The summed E-state index contributed by atoms with van der Waals surface area (Å²) in [6.07, 6.45) is 4.15. The van der Waals surface area contributed by atoms with Crippen LogP contribution in [-0.2, 0) is 0 Å². The fourth-order valence-electron chi connectivity index (χ4n) is 2.83. The molecular formula is C18H25ClN4OS. The van der Waals surface area contributed by atoms with Crippen molar-refractivity contribution < 1.29 is 4.79 Å². The Morgan fingerprint density at radius 2 is 2.16 bits per heavy atom. The summed E-state index contributed by atoms with van der Waals surface area (Å²) in [7, 11) is 0. The molecule has 1 saturated heterocycles. The zero-order chi connectivity index (χ0) is 16.9. The fourth-order valence-corrected chi connectivity index (χ4v) is 3.75. The molecule has 1 fully saturated rings. The molecule has 3 rings (SSSR count). The van der Waals surface area contributed by atoms with Crippen molar-refractivity contribution >= 4 is 35.8 Å². The predicted molar refractivity (Wildman–Crippen MR) is 106 cm³/mol. The van der Waals surface area contributed by atoms with Gasteiger partial charge in [0.1, 0.15) is 0 Å². The smallest absolute Gasteiger partial charge is 0.276 e. The lowest BCUT2D eigenvalue weighted by molar-refractivity contribution is 0.102. The van der Waals surface area contributed by atoms with Gasteiger partial charge in [-0.05, 0) is 37.6 Å². The Hall–Kier alpha value is -1.50. The van der Waals surface area contributed by atoms with Crippen molar-refractivity contribution in [2.75, 3.05) is 18.4 Å². The van der Waals surface area contributed by atoms with E-state index in [2.05, 4.69) is 29.6 Å². The number of amides is 1. The van der Waals surface area contributed by atoms with Gasteiger partial charge in [0.05, 0.1) is 11.7 Å². The number of hydrogen-bond acceptors (Lipinski definition) is 4. The van der Waals surface area contributed by atoms with Gasteiger partial charge >= 0.3 is 0 Å². The summed E-state index contributed by atoms with van der Waals surface area (Å²) in [5, 5.41) is 11.3. The third-order valence-electron chi connectivity index (χ3n) is 3.98. The van der Waals surface area contributed by atoms with E-state index in [0.29, 0.717) is 17.0 Å². The predicted octanol–water partition coefficient (Wildman–Crippen LogP) is 3.98. The highest BCUT2D eigenvalue weighted by Gasteiger charge is 2.18. The summed E-state index contributed by atoms with van der Waals surface area (Å²) in [6.45, 7) is 6.26. The highest BCUT2D eigenvalue weighted by molar-refractivity contribution is 8.00. The Bertz CT molecular complexity index is 698. The van der Waals surface area contributed by atoms with Gasteiger partial charge in [0, 0.05) is 22.9 Å². The zero-order valence-corrected chi connectivity index (χ0v) is 16.2. The average Bonchev–Trinajstić information content (AvgIpc) is 3.07. The van der Waals surface area contributed by atoms with Crippen LogP contribution < -0.4 is 10.6 Å². The molecule has 0 aliphatic carbocycles. The number of nitrogens with one attached hydrogen (secondary N) is 2. The van der Waals surface area contributed by atoms with Gasteiger partial charge in [0.25, 0.3) is 5.91 Å². The van der Waals surface area contributed by atoms with Crippen LogP contribution in [0.2, 0.25) is 0 Å². The van der Waals surface area contributed by atoms with Crippen molar-refractivity contribution in [3.63, 3.8) is 0 Å². The third-order valence-corrected chi connectivity index (χ3v) is 5.07. The molecule has 0 spiro atoms. The lowest BCUT2D eigenvalue weighted by Crippen LogP contribution is -2.32. The van der Waals surface area contributed by atoms with Gasteiger partial charge in [0.15, 0.2) is 5.69 Å². The van der Waals surface area contributed by atoms with E-state index < -0.39 is 0 Å². The molecule has 1 unspecified atom stereocenters. The van der Waals surface area contributed by atoms with Gasteiger partial charge in [-0.1, -0.05) is 26.0 Å². The molecule has 2 heterocycles. The van der Waals surface area contributed by atoms with Crippen LogP contribution >= 0.6 is 24.2 Å². The van der Waals surface area contributed by atoms with Crippen molar-refractivity contribution in [1.29, 1.82) is 0 Å². The summed E-state index contributed by atoms with van der Waals surface area (Å²) in [5.74, 6) is -0.158.